The van der Waals surface area contributed by atoms with Gasteiger partial charge in [0.25, 0.3) is 0 Å². The zero-order valence-corrected chi connectivity index (χ0v) is 13.0. The minimum absolute atomic E-state index is 0.319. The predicted octanol–water partition coefficient (Wildman–Crippen LogP) is 3.62. The molecule has 1 aliphatic rings. The molecular formula is C16H24N2O. The summed E-state index contributed by atoms with van der Waals surface area (Å²) in [7, 11) is 0. The summed E-state index contributed by atoms with van der Waals surface area (Å²) in [5.41, 5.74) is 3.87. The van der Waals surface area contributed by atoms with Crippen LogP contribution in [0.1, 0.15) is 49.9 Å². The van der Waals surface area contributed by atoms with Crippen molar-refractivity contribution in [3.63, 3.8) is 0 Å². The van der Waals surface area contributed by atoms with Gasteiger partial charge < -0.3 is 0 Å². The van der Waals surface area contributed by atoms with Crippen LogP contribution >= 0.6 is 0 Å². The van der Waals surface area contributed by atoms with Crippen LogP contribution in [0, 0.1) is 20.8 Å². The third-order valence-electron chi connectivity index (χ3n) is 4.51. The Hall–Kier alpha value is -1.35. The fourth-order valence-electron chi connectivity index (χ4n) is 2.67. The van der Waals surface area contributed by atoms with Gasteiger partial charge in [-0.25, -0.2) is 5.06 Å². The molecule has 1 aliphatic heterocycles. The van der Waals surface area contributed by atoms with Gasteiger partial charge in [-0.1, -0.05) is 17.7 Å². The van der Waals surface area contributed by atoms with E-state index in [1.165, 1.54) is 10.6 Å². The molecule has 19 heavy (non-hydrogen) atoms. The lowest BCUT2D eigenvalue weighted by Gasteiger charge is -2.37. The number of rotatable bonds is 1. The highest BCUT2D eigenvalue weighted by atomic mass is 16.5. The Kier molecular flexibility index (Phi) is 3.01. The number of amidine groups is 1. The van der Waals surface area contributed by atoms with E-state index in [0.29, 0.717) is 5.84 Å². The van der Waals surface area contributed by atoms with Gasteiger partial charge in [-0.2, -0.15) is 0 Å². The molecule has 2 rings (SSSR count). The number of aryl methyl sites for hydroxylation is 3. The zero-order valence-electron chi connectivity index (χ0n) is 13.0. The van der Waals surface area contributed by atoms with Crippen LogP contribution in [0.15, 0.2) is 17.1 Å². The minimum Gasteiger partial charge on any atom is -0.286 e. The molecule has 104 valence electrons. The summed E-state index contributed by atoms with van der Waals surface area (Å²) >= 11 is 0. The van der Waals surface area contributed by atoms with Crippen LogP contribution < -0.4 is 0 Å². The fourth-order valence-corrected chi connectivity index (χ4v) is 2.67. The second-order valence-corrected chi connectivity index (χ2v) is 6.64. The molecule has 3 nitrogen and oxygen atoms in total. The monoisotopic (exact) mass is 260 g/mol. The number of aliphatic imine (C=N–C) groups is 1. The molecule has 0 atom stereocenters. The lowest BCUT2D eigenvalue weighted by atomic mass is 9.84. The molecule has 0 aromatic heterocycles. The summed E-state index contributed by atoms with van der Waals surface area (Å²) in [5.74, 6) is 0.685. The summed E-state index contributed by atoms with van der Waals surface area (Å²) in [6, 6.07) is 4.27. The molecule has 1 N–H and O–H groups in total. The number of hydrogen-bond acceptors (Lipinski definition) is 3. The van der Waals surface area contributed by atoms with Crippen molar-refractivity contribution >= 4 is 5.84 Å². The highest BCUT2D eigenvalue weighted by molar-refractivity contribution is 6.02. The summed E-state index contributed by atoms with van der Waals surface area (Å²) in [4.78, 5) is 4.77. The van der Waals surface area contributed by atoms with Crippen LogP contribution in [-0.4, -0.2) is 27.2 Å². The van der Waals surface area contributed by atoms with E-state index in [-0.39, 0.29) is 5.54 Å². The van der Waals surface area contributed by atoms with Crippen LogP contribution in [0.5, 0.6) is 0 Å². The standard InChI is InChI=1S/C16H24N2O/c1-10-8-11(2)13(12(3)9-10)14-17-15(4,5)16(6,7)18(14)19/h8-9,19H,1-7H3. The first kappa shape index (κ1) is 14.1. The van der Waals surface area contributed by atoms with Crippen LogP contribution in [0.25, 0.3) is 0 Å². The highest BCUT2D eigenvalue weighted by Crippen LogP contribution is 2.38. The minimum atomic E-state index is -0.411. The Bertz CT molecular complexity index is 533. The van der Waals surface area contributed by atoms with Crippen molar-refractivity contribution < 1.29 is 5.21 Å². The van der Waals surface area contributed by atoms with E-state index in [9.17, 15) is 5.21 Å². The Labute approximate surface area is 115 Å². The van der Waals surface area contributed by atoms with Crippen molar-refractivity contribution in [3.05, 3.63) is 34.4 Å². The van der Waals surface area contributed by atoms with Gasteiger partial charge in [0.1, 0.15) is 0 Å². The van der Waals surface area contributed by atoms with Gasteiger partial charge in [-0.15, -0.1) is 0 Å². The second-order valence-electron chi connectivity index (χ2n) is 6.64. The van der Waals surface area contributed by atoms with Crippen molar-refractivity contribution in [2.24, 2.45) is 4.99 Å². The number of hydrogen-bond donors (Lipinski definition) is 1. The van der Waals surface area contributed by atoms with Crippen LogP contribution in [0.3, 0.4) is 0 Å². The number of hydroxylamine groups is 2. The lowest BCUT2D eigenvalue weighted by molar-refractivity contribution is -0.0992. The number of benzene rings is 1. The maximum atomic E-state index is 10.5. The molecule has 0 unspecified atom stereocenters. The Morgan fingerprint density at radius 1 is 1.00 bits per heavy atom. The van der Waals surface area contributed by atoms with Gasteiger partial charge in [-0.05, 0) is 59.6 Å². The van der Waals surface area contributed by atoms with Crippen molar-refractivity contribution in [2.45, 2.75) is 59.5 Å². The van der Waals surface area contributed by atoms with Gasteiger partial charge >= 0.3 is 0 Å². The molecule has 1 aromatic carbocycles. The largest absolute Gasteiger partial charge is 0.286 e. The summed E-state index contributed by atoms with van der Waals surface area (Å²) < 4.78 is 0. The van der Waals surface area contributed by atoms with Gasteiger partial charge in [0, 0.05) is 5.56 Å². The van der Waals surface area contributed by atoms with E-state index in [1.807, 2.05) is 13.8 Å². The predicted molar refractivity (Wildman–Crippen MR) is 79.0 cm³/mol. The molecule has 0 spiro atoms. The highest BCUT2D eigenvalue weighted by Gasteiger charge is 2.49. The maximum absolute atomic E-state index is 10.5. The second kappa shape index (κ2) is 4.07. The van der Waals surface area contributed by atoms with Gasteiger partial charge in [0.2, 0.25) is 0 Å². The van der Waals surface area contributed by atoms with E-state index in [0.717, 1.165) is 16.7 Å². The smallest absolute Gasteiger partial charge is 0.156 e. The van der Waals surface area contributed by atoms with Crippen molar-refractivity contribution in [1.82, 2.24) is 5.06 Å². The molecule has 0 aliphatic carbocycles. The van der Waals surface area contributed by atoms with E-state index in [1.54, 1.807) is 0 Å². The Morgan fingerprint density at radius 2 is 1.47 bits per heavy atom. The number of nitrogens with zero attached hydrogens (tertiary/aromatic N) is 2. The van der Waals surface area contributed by atoms with Crippen LogP contribution in [-0.2, 0) is 0 Å². The summed E-state index contributed by atoms with van der Waals surface area (Å²) in [5, 5.41) is 11.9. The Morgan fingerprint density at radius 3 is 1.84 bits per heavy atom. The first-order valence-corrected chi connectivity index (χ1v) is 6.75. The molecule has 0 fully saturated rings. The van der Waals surface area contributed by atoms with Crippen molar-refractivity contribution in [2.75, 3.05) is 0 Å². The quantitative estimate of drug-likeness (QED) is 0.837. The Balaban J connectivity index is 2.62. The van der Waals surface area contributed by atoms with Crippen molar-refractivity contribution in [3.8, 4) is 0 Å². The average molecular weight is 260 g/mol. The first-order chi connectivity index (χ1) is 8.58. The van der Waals surface area contributed by atoms with Gasteiger partial charge in [0.05, 0.1) is 11.1 Å². The molecule has 0 amide bonds. The molecule has 0 saturated heterocycles. The molecule has 3 heteroatoms. The van der Waals surface area contributed by atoms with Gasteiger partial charge in [0.15, 0.2) is 5.84 Å². The van der Waals surface area contributed by atoms with E-state index in [2.05, 4.69) is 46.8 Å². The summed E-state index contributed by atoms with van der Waals surface area (Å²) in [6.07, 6.45) is 0. The average Bonchev–Trinajstić information content (AvgIpc) is 2.38. The molecule has 1 aromatic rings. The maximum Gasteiger partial charge on any atom is 0.156 e. The topological polar surface area (TPSA) is 35.8 Å². The normalized spacial score (nSPS) is 20.6. The molecular weight excluding hydrogens is 236 g/mol. The van der Waals surface area contributed by atoms with E-state index >= 15 is 0 Å². The third-order valence-corrected chi connectivity index (χ3v) is 4.51. The molecule has 0 radical (unpaired) electrons. The molecule has 1 heterocycles. The fraction of sp³-hybridized carbons (Fsp3) is 0.562. The van der Waals surface area contributed by atoms with Crippen LogP contribution in [0.2, 0.25) is 0 Å². The SMILES string of the molecule is Cc1cc(C)c(C2=NC(C)(C)C(C)(C)N2O)c(C)c1. The lowest BCUT2D eigenvalue weighted by Crippen LogP contribution is -2.51. The molecule has 0 saturated carbocycles. The van der Waals surface area contributed by atoms with Crippen molar-refractivity contribution in [1.29, 1.82) is 0 Å². The summed E-state index contributed by atoms with van der Waals surface area (Å²) in [6.45, 7) is 14.4. The first-order valence-electron chi connectivity index (χ1n) is 6.75. The zero-order chi connectivity index (χ0) is 14.6. The van der Waals surface area contributed by atoms with E-state index < -0.39 is 5.54 Å². The molecule has 0 bridgehead atoms. The van der Waals surface area contributed by atoms with Gasteiger partial charge in [-0.3, -0.25) is 10.2 Å². The third kappa shape index (κ3) is 1.96. The van der Waals surface area contributed by atoms with E-state index in [4.69, 9.17) is 4.99 Å². The van der Waals surface area contributed by atoms with Crippen LogP contribution in [0.4, 0.5) is 0 Å².